The maximum atomic E-state index is 12.3. The van der Waals surface area contributed by atoms with Crippen LogP contribution < -0.4 is 5.32 Å². The lowest BCUT2D eigenvalue weighted by Gasteiger charge is -2.26. The highest BCUT2D eigenvalue weighted by Gasteiger charge is 2.65. The van der Waals surface area contributed by atoms with E-state index in [2.05, 4.69) is 51.8 Å². The maximum Gasteiger partial charge on any atom is 0.240 e. The molecular formula is C16H30N2O. The molecule has 2 fully saturated rings. The van der Waals surface area contributed by atoms with Gasteiger partial charge in [-0.15, -0.1) is 0 Å². The molecule has 0 radical (unpaired) electrons. The van der Waals surface area contributed by atoms with E-state index in [1.54, 1.807) is 0 Å². The zero-order valence-corrected chi connectivity index (χ0v) is 13.6. The lowest BCUT2D eigenvalue weighted by atomic mass is 10.0. The van der Waals surface area contributed by atoms with Crippen LogP contribution in [0.15, 0.2) is 0 Å². The molecule has 2 rings (SSSR count). The van der Waals surface area contributed by atoms with E-state index < -0.39 is 0 Å². The van der Waals surface area contributed by atoms with Crippen LogP contribution in [0.3, 0.4) is 0 Å². The van der Waals surface area contributed by atoms with Crippen LogP contribution in [0, 0.1) is 22.7 Å². The van der Waals surface area contributed by atoms with Crippen molar-refractivity contribution >= 4 is 5.91 Å². The molecular weight excluding hydrogens is 236 g/mol. The maximum absolute atomic E-state index is 12.3. The Balaban J connectivity index is 2.07. The minimum absolute atomic E-state index is 0.0197. The summed E-state index contributed by atoms with van der Waals surface area (Å²) in [6.45, 7) is 16.6. The Hall–Kier alpha value is -0.570. The van der Waals surface area contributed by atoms with Crippen LogP contribution in [0.4, 0.5) is 0 Å². The molecule has 1 heterocycles. The Morgan fingerprint density at radius 1 is 1.21 bits per heavy atom. The van der Waals surface area contributed by atoms with Crippen LogP contribution >= 0.6 is 0 Å². The fraction of sp³-hybridized carbons (Fsp3) is 0.938. The predicted molar refractivity (Wildman–Crippen MR) is 78.6 cm³/mol. The van der Waals surface area contributed by atoms with Crippen molar-refractivity contribution in [2.24, 2.45) is 22.7 Å². The summed E-state index contributed by atoms with van der Waals surface area (Å²) in [6.07, 6.45) is 1.28. The average Bonchev–Trinajstić information content (AvgIpc) is 2.48. The predicted octanol–water partition coefficient (Wildman–Crippen LogP) is 2.86. The molecule has 1 amide bonds. The lowest BCUT2D eigenvalue weighted by Crippen LogP contribution is -2.40. The minimum Gasteiger partial charge on any atom is -0.325 e. The molecule has 2 aliphatic rings. The summed E-state index contributed by atoms with van der Waals surface area (Å²) in [5.74, 6) is 1.51. The summed E-state index contributed by atoms with van der Waals surface area (Å²) in [5.41, 5.74) is 0.697. The third kappa shape index (κ3) is 2.31. The highest BCUT2D eigenvalue weighted by Crippen LogP contribution is 2.68. The largest absolute Gasteiger partial charge is 0.325 e. The van der Waals surface area contributed by atoms with Crippen molar-refractivity contribution in [2.45, 2.75) is 67.1 Å². The normalized spacial score (nSPS) is 33.3. The fourth-order valence-electron chi connectivity index (χ4n) is 3.70. The molecule has 19 heavy (non-hydrogen) atoms. The first-order chi connectivity index (χ1) is 8.59. The van der Waals surface area contributed by atoms with E-state index in [1.807, 2.05) is 6.92 Å². The SMILES string of the molecule is CC(C)CC1NC(C)C(=O)N1CC1C(C)(C)C1(C)C. The molecule has 2 atom stereocenters. The van der Waals surface area contributed by atoms with E-state index in [9.17, 15) is 4.79 Å². The Morgan fingerprint density at radius 3 is 2.16 bits per heavy atom. The van der Waals surface area contributed by atoms with Crippen LogP contribution in [-0.2, 0) is 4.79 Å². The first-order valence-electron chi connectivity index (χ1n) is 7.65. The van der Waals surface area contributed by atoms with Gasteiger partial charge in [-0.25, -0.2) is 0 Å². The van der Waals surface area contributed by atoms with E-state index in [1.165, 1.54) is 0 Å². The second kappa shape index (κ2) is 4.47. The molecule has 0 spiro atoms. The molecule has 1 aliphatic heterocycles. The van der Waals surface area contributed by atoms with Gasteiger partial charge < -0.3 is 4.90 Å². The van der Waals surface area contributed by atoms with Crippen LogP contribution in [0.25, 0.3) is 0 Å². The molecule has 1 N–H and O–H groups in total. The summed E-state index contributed by atoms with van der Waals surface area (Å²) in [7, 11) is 0. The quantitative estimate of drug-likeness (QED) is 0.848. The zero-order valence-electron chi connectivity index (χ0n) is 13.6. The second-order valence-electron chi connectivity index (χ2n) is 8.02. The summed E-state index contributed by atoms with van der Waals surface area (Å²) >= 11 is 0. The van der Waals surface area contributed by atoms with Crippen molar-refractivity contribution in [2.75, 3.05) is 6.54 Å². The van der Waals surface area contributed by atoms with Gasteiger partial charge in [0.1, 0.15) is 0 Å². The van der Waals surface area contributed by atoms with Crippen molar-refractivity contribution < 1.29 is 4.79 Å². The average molecular weight is 266 g/mol. The number of rotatable bonds is 4. The van der Waals surface area contributed by atoms with Crippen molar-refractivity contribution in [3.8, 4) is 0 Å². The topological polar surface area (TPSA) is 32.3 Å². The Labute approximate surface area is 118 Å². The zero-order chi connectivity index (χ0) is 14.6. The lowest BCUT2D eigenvalue weighted by molar-refractivity contribution is -0.130. The molecule has 3 heteroatoms. The third-order valence-electron chi connectivity index (χ3n) is 5.87. The first-order valence-corrected chi connectivity index (χ1v) is 7.65. The van der Waals surface area contributed by atoms with Gasteiger partial charge in [0.2, 0.25) is 5.91 Å². The highest BCUT2D eigenvalue weighted by atomic mass is 16.2. The number of amides is 1. The Kier molecular flexibility index (Phi) is 3.49. The van der Waals surface area contributed by atoms with Crippen LogP contribution in [0.1, 0.15) is 54.9 Å². The van der Waals surface area contributed by atoms with Crippen molar-refractivity contribution in [3.63, 3.8) is 0 Å². The molecule has 2 unspecified atom stereocenters. The third-order valence-corrected chi connectivity index (χ3v) is 5.87. The summed E-state index contributed by atoms with van der Waals surface area (Å²) in [4.78, 5) is 14.4. The van der Waals surface area contributed by atoms with Crippen molar-refractivity contribution in [1.82, 2.24) is 10.2 Å². The fourth-order valence-corrected chi connectivity index (χ4v) is 3.70. The molecule has 3 nitrogen and oxygen atoms in total. The van der Waals surface area contributed by atoms with Gasteiger partial charge in [-0.3, -0.25) is 10.1 Å². The molecule has 0 aromatic rings. The highest BCUT2D eigenvalue weighted by molar-refractivity contribution is 5.84. The number of nitrogens with one attached hydrogen (secondary N) is 1. The number of carbonyl (C=O) groups excluding carboxylic acids is 1. The van der Waals surface area contributed by atoms with E-state index in [0.29, 0.717) is 22.7 Å². The van der Waals surface area contributed by atoms with E-state index in [4.69, 9.17) is 0 Å². The molecule has 0 aromatic heterocycles. The van der Waals surface area contributed by atoms with Gasteiger partial charge >= 0.3 is 0 Å². The monoisotopic (exact) mass is 266 g/mol. The minimum atomic E-state index is -0.0197. The van der Waals surface area contributed by atoms with Crippen LogP contribution in [-0.4, -0.2) is 29.6 Å². The van der Waals surface area contributed by atoms with Gasteiger partial charge in [-0.05, 0) is 36.0 Å². The van der Waals surface area contributed by atoms with Gasteiger partial charge in [0, 0.05) is 6.54 Å². The molecule has 0 aromatic carbocycles. The van der Waals surface area contributed by atoms with Gasteiger partial charge in [0.25, 0.3) is 0 Å². The first kappa shape index (κ1) is 14.8. The van der Waals surface area contributed by atoms with Crippen molar-refractivity contribution in [1.29, 1.82) is 0 Å². The van der Waals surface area contributed by atoms with Crippen LogP contribution in [0.5, 0.6) is 0 Å². The summed E-state index contributed by atoms with van der Waals surface area (Å²) in [5, 5.41) is 3.45. The number of carbonyl (C=O) groups is 1. The summed E-state index contributed by atoms with van der Waals surface area (Å²) < 4.78 is 0. The molecule has 110 valence electrons. The standard InChI is InChI=1S/C16H30N2O/c1-10(2)8-13-17-11(3)14(19)18(13)9-12-15(4,5)16(12,6)7/h10-13,17H,8-9H2,1-7H3. The van der Waals surface area contributed by atoms with Gasteiger partial charge in [0.05, 0.1) is 12.2 Å². The Bertz CT molecular complexity index is 359. The van der Waals surface area contributed by atoms with Crippen LogP contribution in [0.2, 0.25) is 0 Å². The second-order valence-corrected chi connectivity index (χ2v) is 8.02. The van der Waals surface area contributed by atoms with Gasteiger partial charge in [-0.2, -0.15) is 0 Å². The van der Waals surface area contributed by atoms with Gasteiger partial charge in [0.15, 0.2) is 0 Å². The van der Waals surface area contributed by atoms with Crippen molar-refractivity contribution in [3.05, 3.63) is 0 Å². The van der Waals surface area contributed by atoms with E-state index in [0.717, 1.165) is 13.0 Å². The molecule has 0 bridgehead atoms. The molecule has 1 saturated carbocycles. The van der Waals surface area contributed by atoms with E-state index >= 15 is 0 Å². The number of hydrogen-bond acceptors (Lipinski definition) is 2. The van der Waals surface area contributed by atoms with Gasteiger partial charge in [-0.1, -0.05) is 41.5 Å². The number of nitrogens with zero attached hydrogens (tertiary/aromatic N) is 1. The Morgan fingerprint density at radius 2 is 1.74 bits per heavy atom. The molecule has 1 saturated heterocycles. The van der Waals surface area contributed by atoms with E-state index in [-0.39, 0.29) is 18.1 Å². The smallest absolute Gasteiger partial charge is 0.240 e. The number of hydrogen-bond donors (Lipinski definition) is 1. The summed E-state index contributed by atoms with van der Waals surface area (Å²) in [6, 6.07) is -0.0197. The molecule has 1 aliphatic carbocycles.